The van der Waals surface area contributed by atoms with Crippen LogP contribution in [-0.2, 0) is 0 Å². The highest BCUT2D eigenvalue weighted by Gasteiger charge is 2.20. The summed E-state index contributed by atoms with van der Waals surface area (Å²) in [5.41, 5.74) is 2.59. The number of nitrogens with zero attached hydrogens (tertiary/aromatic N) is 1. The normalized spacial score (nSPS) is 19.0. The summed E-state index contributed by atoms with van der Waals surface area (Å²) in [7, 11) is 1.75. The van der Waals surface area contributed by atoms with Crippen molar-refractivity contribution in [1.82, 2.24) is 10.2 Å². The Morgan fingerprint density at radius 3 is 2.65 bits per heavy atom. The molecule has 0 aliphatic carbocycles. The van der Waals surface area contributed by atoms with Crippen LogP contribution in [0.1, 0.15) is 24.1 Å². The maximum absolute atomic E-state index is 5.47. The van der Waals surface area contributed by atoms with Gasteiger partial charge >= 0.3 is 0 Å². The Kier molecular flexibility index (Phi) is 4.02. The smallest absolute Gasteiger partial charge is 0.123 e. The minimum Gasteiger partial charge on any atom is -0.496 e. The Hall–Kier alpha value is -1.06. The second-order valence-electron chi connectivity index (χ2n) is 4.71. The van der Waals surface area contributed by atoms with Crippen LogP contribution in [0.2, 0.25) is 0 Å². The van der Waals surface area contributed by atoms with Crippen LogP contribution < -0.4 is 10.1 Å². The number of methoxy groups -OCH3 is 1. The number of piperazine rings is 1. The van der Waals surface area contributed by atoms with Crippen LogP contribution in [0.15, 0.2) is 18.2 Å². The molecule has 1 saturated heterocycles. The molecule has 3 heteroatoms. The van der Waals surface area contributed by atoms with Crippen LogP contribution in [0, 0.1) is 6.92 Å². The van der Waals surface area contributed by atoms with Gasteiger partial charge in [-0.1, -0.05) is 17.7 Å². The van der Waals surface area contributed by atoms with E-state index in [9.17, 15) is 0 Å². The van der Waals surface area contributed by atoms with E-state index in [0.717, 1.165) is 31.9 Å². The lowest BCUT2D eigenvalue weighted by Crippen LogP contribution is -2.44. The summed E-state index contributed by atoms with van der Waals surface area (Å²) in [6.45, 7) is 8.78. The number of hydrogen-bond donors (Lipinski definition) is 1. The number of ether oxygens (including phenoxy) is 1. The van der Waals surface area contributed by atoms with Gasteiger partial charge in [-0.15, -0.1) is 0 Å². The average molecular weight is 234 g/mol. The van der Waals surface area contributed by atoms with Crippen LogP contribution in [0.4, 0.5) is 0 Å². The number of aryl methyl sites for hydroxylation is 1. The molecular formula is C14H22N2O. The number of rotatable bonds is 3. The minimum absolute atomic E-state index is 0.423. The molecule has 94 valence electrons. The van der Waals surface area contributed by atoms with E-state index in [4.69, 9.17) is 4.74 Å². The monoisotopic (exact) mass is 234 g/mol. The fourth-order valence-electron chi connectivity index (χ4n) is 2.45. The molecule has 0 bridgehead atoms. The van der Waals surface area contributed by atoms with Crippen molar-refractivity contribution >= 4 is 0 Å². The molecule has 1 aliphatic heterocycles. The molecule has 1 aliphatic rings. The summed E-state index contributed by atoms with van der Waals surface area (Å²) in [5, 5.41) is 3.39. The molecule has 1 heterocycles. The van der Waals surface area contributed by atoms with Crippen molar-refractivity contribution in [2.75, 3.05) is 33.3 Å². The van der Waals surface area contributed by atoms with Gasteiger partial charge < -0.3 is 10.1 Å². The third-order valence-corrected chi connectivity index (χ3v) is 3.53. The van der Waals surface area contributed by atoms with Gasteiger partial charge in [0.25, 0.3) is 0 Å². The van der Waals surface area contributed by atoms with E-state index < -0.39 is 0 Å². The Bertz CT molecular complexity index is 372. The van der Waals surface area contributed by atoms with Crippen molar-refractivity contribution in [1.29, 1.82) is 0 Å². The van der Waals surface area contributed by atoms with Crippen molar-refractivity contribution in [2.24, 2.45) is 0 Å². The number of nitrogens with one attached hydrogen (secondary N) is 1. The molecule has 0 saturated carbocycles. The summed E-state index contributed by atoms with van der Waals surface area (Å²) in [6.07, 6.45) is 0. The highest BCUT2D eigenvalue weighted by molar-refractivity contribution is 5.39. The molecule has 1 fully saturated rings. The standard InChI is InChI=1S/C14H22N2O/c1-11-4-5-14(17-3)13(10-11)12(2)16-8-6-15-7-9-16/h4-5,10,12,15H,6-9H2,1-3H3. The lowest BCUT2D eigenvalue weighted by molar-refractivity contribution is 0.182. The first-order valence-corrected chi connectivity index (χ1v) is 6.31. The van der Waals surface area contributed by atoms with E-state index in [1.54, 1.807) is 7.11 Å². The van der Waals surface area contributed by atoms with Crippen molar-refractivity contribution in [3.8, 4) is 5.75 Å². The van der Waals surface area contributed by atoms with Gasteiger partial charge in [0.15, 0.2) is 0 Å². The van der Waals surface area contributed by atoms with E-state index in [1.807, 2.05) is 0 Å². The molecule has 3 nitrogen and oxygen atoms in total. The molecular weight excluding hydrogens is 212 g/mol. The maximum atomic E-state index is 5.47. The van der Waals surface area contributed by atoms with E-state index in [-0.39, 0.29) is 0 Å². The molecule has 1 aromatic carbocycles. The lowest BCUT2D eigenvalue weighted by Gasteiger charge is -2.33. The maximum Gasteiger partial charge on any atom is 0.123 e. The molecule has 1 unspecified atom stereocenters. The number of benzene rings is 1. The highest BCUT2D eigenvalue weighted by Crippen LogP contribution is 2.30. The topological polar surface area (TPSA) is 24.5 Å². The Labute approximate surface area is 104 Å². The van der Waals surface area contributed by atoms with Gasteiger partial charge in [-0.05, 0) is 19.9 Å². The SMILES string of the molecule is COc1ccc(C)cc1C(C)N1CCNCC1. The van der Waals surface area contributed by atoms with Crippen LogP contribution in [0.5, 0.6) is 5.75 Å². The van der Waals surface area contributed by atoms with Gasteiger partial charge in [0.05, 0.1) is 7.11 Å². The first kappa shape index (κ1) is 12.4. The zero-order valence-corrected chi connectivity index (χ0v) is 11.0. The minimum atomic E-state index is 0.423. The summed E-state index contributed by atoms with van der Waals surface area (Å²) in [4.78, 5) is 2.51. The van der Waals surface area contributed by atoms with Crippen molar-refractivity contribution < 1.29 is 4.74 Å². The Morgan fingerprint density at radius 1 is 1.29 bits per heavy atom. The average Bonchev–Trinajstić information content (AvgIpc) is 2.39. The molecule has 1 atom stereocenters. The zero-order chi connectivity index (χ0) is 12.3. The van der Waals surface area contributed by atoms with Gasteiger partial charge in [0.2, 0.25) is 0 Å². The van der Waals surface area contributed by atoms with Gasteiger partial charge in [-0.3, -0.25) is 4.90 Å². The van der Waals surface area contributed by atoms with Crippen molar-refractivity contribution in [3.05, 3.63) is 29.3 Å². The quantitative estimate of drug-likeness (QED) is 0.865. The van der Waals surface area contributed by atoms with E-state index in [1.165, 1.54) is 11.1 Å². The van der Waals surface area contributed by atoms with Crippen molar-refractivity contribution in [2.45, 2.75) is 19.9 Å². The fraction of sp³-hybridized carbons (Fsp3) is 0.571. The molecule has 0 amide bonds. The van der Waals surface area contributed by atoms with Crippen LogP contribution in [-0.4, -0.2) is 38.2 Å². The number of hydrogen-bond acceptors (Lipinski definition) is 3. The second-order valence-corrected chi connectivity index (χ2v) is 4.71. The van der Waals surface area contributed by atoms with E-state index >= 15 is 0 Å². The third kappa shape index (κ3) is 2.79. The lowest BCUT2D eigenvalue weighted by atomic mass is 10.0. The fourth-order valence-corrected chi connectivity index (χ4v) is 2.45. The molecule has 1 aromatic rings. The van der Waals surface area contributed by atoms with Gasteiger partial charge in [0.1, 0.15) is 5.75 Å². The predicted octanol–water partition coefficient (Wildman–Crippen LogP) is 1.97. The van der Waals surface area contributed by atoms with Crippen molar-refractivity contribution in [3.63, 3.8) is 0 Å². The van der Waals surface area contributed by atoms with Gasteiger partial charge in [0, 0.05) is 37.8 Å². The van der Waals surface area contributed by atoms with Crippen LogP contribution in [0.25, 0.3) is 0 Å². The molecule has 2 rings (SSSR count). The molecule has 0 aromatic heterocycles. The summed E-state index contributed by atoms with van der Waals surface area (Å²) in [5.74, 6) is 1.00. The largest absolute Gasteiger partial charge is 0.496 e. The predicted molar refractivity (Wildman–Crippen MR) is 70.6 cm³/mol. The van der Waals surface area contributed by atoms with E-state index in [0.29, 0.717) is 6.04 Å². The summed E-state index contributed by atoms with van der Waals surface area (Å²) in [6, 6.07) is 6.84. The summed E-state index contributed by atoms with van der Waals surface area (Å²) < 4.78 is 5.47. The van der Waals surface area contributed by atoms with Gasteiger partial charge in [-0.2, -0.15) is 0 Å². The second kappa shape index (κ2) is 5.52. The van der Waals surface area contributed by atoms with Gasteiger partial charge in [-0.25, -0.2) is 0 Å². The first-order chi connectivity index (χ1) is 8.22. The zero-order valence-electron chi connectivity index (χ0n) is 11.0. The molecule has 0 spiro atoms. The molecule has 1 N–H and O–H groups in total. The van der Waals surface area contributed by atoms with Crippen LogP contribution in [0.3, 0.4) is 0 Å². The Balaban J connectivity index is 2.21. The summed E-state index contributed by atoms with van der Waals surface area (Å²) >= 11 is 0. The van der Waals surface area contributed by atoms with Crippen LogP contribution >= 0.6 is 0 Å². The van der Waals surface area contributed by atoms with E-state index in [2.05, 4.69) is 42.3 Å². The highest BCUT2D eigenvalue weighted by atomic mass is 16.5. The molecule has 17 heavy (non-hydrogen) atoms. The Morgan fingerprint density at radius 2 is 2.00 bits per heavy atom. The third-order valence-electron chi connectivity index (χ3n) is 3.53. The molecule has 0 radical (unpaired) electrons. The first-order valence-electron chi connectivity index (χ1n) is 6.31.